The SMILES string of the molecule is CC(Nc1ccc(N2CCN(Cc3ccccc3)CC2)cc1)C(=O)NCc1ccccc1. The average Bonchev–Trinajstić information content (AvgIpc) is 2.85. The minimum Gasteiger partial charge on any atom is -0.374 e. The summed E-state index contributed by atoms with van der Waals surface area (Å²) in [7, 11) is 0. The minimum absolute atomic E-state index is 0.00697. The molecular weight excluding hydrogens is 396 g/mol. The van der Waals surface area contributed by atoms with Crippen LogP contribution in [0.25, 0.3) is 0 Å². The average molecular weight is 429 g/mol. The van der Waals surface area contributed by atoms with Gasteiger partial charge in [-0.15, -0.1) is 0 Å². The fourth-order valence-corrected chi connectivity index (χ4v) is 4.03. The molecule has 1 heterocycles. The molecule has 4 rings (SSSR count). The number of hydrogen-bond donors (Lipinski definition) is 2. The van der Waals surface area contributed by atoms with Gasteiger partial charge in [0, 0.05) is 50.6 Å². The highest BCUT2D eigenvalue weighted by Gasteiger charge is 2.18. The molecule has 0 radical (unpaired) electrons. The van der Waals surface area contributed by atoms with Gasteiger partial charge in [0.1, 0.15) is 6.04 Å². The van der Waals surface area contributed by atoms with Crippen LogP contribution in [0.1, 0.15) is 18.1 Å². The summed E-state index contributed by atoms with van der Waals surface area (Å²) >= 11 is 0. The molecule has 1 aliphatic rings. The van der Waals surface area contributed by atoms with Crippen molar-refractivity contribution in [3.63, 3.8) is 0 Å². The van der Waals surface area contributed by atoms with Crippen molar-refractivity contribution in [3.8, 4) is 0 Å². The van der Waals surface area contributed by atoms with E-state index in [9.17, 15) is 4.79 Å². The van der Waals surface area contributed by atoms with Crippen LogP contribution in [-0.4, -0.2) is 43.0 Å². The number of nitrogens with zero attached hydrogens (tertiary/aromatic N) is 2. The molecule has 1 fully saturated rings. The molecule has 5 heteroatoms. The molecule has 0 aliphatic carbocycles. The highest BCUT2D eigenvalue weighted by Crippen LogP contribution is 2.20. The zero-order valence-electron chi connectivity index (χ0n) is 18.7. The fourth-order valence-electron chi connectivity index (χ4n) is 4.03. The molecular formula is C27H32N4O. The number of amides is 1. The van der Waals surface area contributed by atoms with E-state index in [0.717, 1.165) is 44.0 Å². The van der Waals surface area contributed by atoms with Gasteiger partial charge in [-0.1, -0.05) is 60.7 Å². The third-order valence-corrected chi connectivity index (χ3v) is 5.94. The Bertz CT molecular complexity index is 968. The van der Waals surface area contributed by atoms with E-state index in [2.05, 4.69) is 75.0 Å². The van der Waals surface area contributed by atoms with Crippen LogP contribution in [0.4, 0.5) is 11.4 Å². The Morgan fingerprint density at radius 3 is 2.03 bits per heavy atom. The van der Waals surface area contributed by atoms with E-state index in [4.69, 9.17) is 0 Å². The summed E-state index contributed by atoms with van der Waals surface area (Å²) in [6.45, 7) is 7.62. The Hall–Kier alpha value is -3.31. The summed E-state index contributed by atoms with van der Waals surface area (Å²) in [5.74, 6) is -0.00697. The summed E-state index contributed by atoms with van der Waals surface area (Å²) in [6.07, 6.45) is 0. The van der Waals surface area contributed by atoms with Crippen molar-refractivity contribution < 1.29 is 4.79 Å². The molecule has 2 N–H and O–H groups in total. The van der Waals surface area contributed by atoms with Crippen molar-refractivity contribution in [3.05, 3.63) is 96.1 Å². The van der Waals surface area contributed by atoms with E-state index in [1.807, 2.05) is 37.3 Å². The maximum absolute atomic E-state index is 12.4. The van der Waals surface area contributed by atoms with Gasteiger partial charge in [-0.2, -0.15) is 0 Å². The molecule has 0 bridgehead atoms. The predicted octanol–water partition coefficient (Wildman–Crippen LogP) is 4.13. The van der Waals surface area contributed by atoms with Crippen LogP contribution in [0.3, 0.4) is 0 Å². The zero-order valence-corrected chi connectivity index (χ0v) is 18.7. The van der Waals surface area contributed by atoms with Crippen LogP contribution < -0.4 is 15.5 Å². The van der Waals surface area contributed by atoms with Crippen LogP contribution in [0.2, 0.25) is 0 Å². The third-order valence-electron chi connectivity index (χ3n) is 5.94. The van der Waals surface area contributed by atoms with E-state index in [0.29, 0.717) is 6.54 Å². The Morgan fingerprint density at radius 2 is 1.41 bits per heavy atom. The van der Waals surface area contributed by atoms with Crippen molar-refractivity contribution in [1.29, 1.82) is 0 Å². The van der Waals surface area contributed by atoms with Gasteiger partial charge in [-0.25, -0.2) is 0 Å². The summed E-state index contributed by atoms with van der Waals surface area (Å²) in [4.78, 5) is 17.4. The van der Waals surface area contributed by atoms with Crippen LogP contribution in [0.15, 0.2) is 84.9 Å². The molecule has 1 unspecified atom stereocenters. The minimum atomic E-state index is -0.300. The van der Waals surface area contributed by atoms with Crippen molar-refractivity contribution in [2.75, 3.05) is 36.4 Å². The monoisotopic (exact) mass is 428 g/mol. The van der Waals surface area contributed by atoms with Gasteiger partial charge >= 0.3 is 0 Å². The van der Waals surface area contributed by atoms with Gasteiger partial charge in [0.15, 0.2) is 0 Å². The molecule has 32 heavy (non-hydrogen) atoms. The van der Waals surface area contributed by atoms with Gasteiger partial charge in [-0.05, 0) is 42.3 Å². The summed E-state index contributed by atoms with van der Waals surface area (Å²) in [5, 5.41) is 6.29. The van der Waals surface area contributed by atoms with Gasteiger partial charge in [0.2, 0.25) is 5.91 Å². The number of nitrogens with one attached hydrogen (secondary N) is 2. The predicted molar refractivity (Wildman–Crippen MR) is 132 cm³/mol. The molecule has 0 spiro atoms. The molecule has 1 amide bonds. The van der Waals surface area contributed by atoms with Crippen LogP contribution >= 0.6 is 0 Å². The Kier molecular flexibility index (Phi) is 7.41. The first-order chi connectivity index (χ1) is 15.7. The van der Waals surface area contributed by atoms with Gasteiger partial charge < -0.3 is 15.5 Å². The number of carbonyl (C=O) groups excluding carboxylic acids is 1. The molecule has 1 atom stereocenters. The molecule has 3 aromatic rings. The number of hydrogen-bond acceptors (Lipinski definition) is 4. The second-order valence-corrected chi connectivity index (χ2v) is 8.37. The topological polar surface area (TPSA) is 47.6 Å². The number of rotatable bonds is 8. The van der Waals surface area contributed by atoms with Crippen LogP contribution in [0.5, 0.6) is 0 Å². The smallest absolute Gasteiger partial charge is 0.242 e. The summed E-state index contributed by atoms with van der Waals surface area (Å²) < 4.78 is 0. The first-order valence-corrected chi connectivity index (χ1v) is 11.4. The van der Waals surface area contributed by atoms with Crippen molar-refractivity contribution in [1.82, 2.24) is 10.2 Å². The van der Waals surface area contributed by atoms with Gasteiger partial charge in [-0.3, -0.25) is 9.69 Å². The lowest BCUT2D eigenvalue weighted by Gasteiger charge is -2.36. The lowest BCUT2D eigenvalue weighted by atomic mass is 10.2. The van der Waals surface area contributed by atoms with E-state index in [1.165, 1.54) is 11.3 Å². The lowest BCUT2D eigenvalue weighted by molar-refractivity contribution is -0.121. The van der Waals surface area contributed by atoms with Crippen LogP contribution in [-0.2, 0) is 17.9 Å². The normalized spacial score (nSPS) is 15.2. The lowest BCUT2D eigenvalue weighted by Crippen LogP contribution is -2.45. The standard InChI is InChI=1S/C27H32N4O/c1-22(27(32)28-20-23-8-4-2-5-9-23)29-25-12-14-26(15-13-25)31-18-16-30(17-19-31)21-24-10-6-3-7-11-24/h2-15,22,29H,16-21H2,1H3,(H,28,32). The second-order valence-electron chi connectivity index (χ2n) is 8.37. The molecule has 1 saturated heterocycles. The maximum atomic E-state index is 12.4. The van der Waals surface area contributed by atoms with Crippen LogP contribution in [0, 0.1) is 0 Å². The third kappa shape index (κ3) is 6.11. The van der Waals surface area contributed by atoms with Crippen molar-refractivity contribution in [2.45, 2.75) is 26.1 Å². The first-order valence-electron chi connectivity index (χ1n) is 11.4. The number of anilines is 2. The molecule has 3 aromatic carbocycles. The molecule has 1 aliphatic heterocycles. The maximum Gasteiger partial charge on any atom is 0.242 e. The highest BCUT2D eigenvalue weighted by atomic mass is 16.2. The zero-order chi connectivity index (χ0) is 22.2. The number of carbonyl (C=O) groups is 1. The van der Waals surface area contributed by atoms with Gasteiger partial charge in [0.25, 0.3) is 0 Å². The molecule has 5 nitrogen and oxygen atoms in total. The molecule has 0 saturated carbocycles. The quantitative estimate of drug-likeness (QED) is 0.567. The Labute approximate surface area is 191 Å². The molecule has 166 valence electrons. The highest BCUT2D eigenvalue weighted by molar-refractivity contribution is 5.84. The molecule has 0 aromatic heterocycles. The van der Waals surface area contributed by atoms with Crippen molar-refractivity contribution >= 4 is 17.3 Å². The Balaban J connectivity index is 1.23. The second kappa shape index (κ2) is 10.8. The summed E-state index contributed by atoms with van der Waals surface area (Å²) in [6, 6.07) is 28.7. The van der Waals surface area contributed by atoms with Crippen molar-refractivity contribution in [2.24, 2.45) is 0 Å². The van der Waals surface area contributed by atoms with E-state index < -0.39 is 0 Å². The Morgan fingerprint density at radius 1 is 0.812 bits per heavy atom. The number of piperazine rings is 1. The van der Waals surface area contributed by atoms with Gasteiger partial charge in [0.05, 0.1) is 0 Å². The summed E-state index contributed by atoms with van der Waals surface area (Å²) in [5.41, 5.74) is 4.66. The first kappa shape index (κ1) is 21.9. The van der Waals surface area contributed by atoms with E-state index in [-0.39, 0.29) is 11.9 Å². The fraction of sp³-hybridized carbons (Fsp3) is 0.296. The van der Waals surface area contributed by atoms with E-state index in [1.54, 1.807) is 0 Å². The van der Waals surface area contributed by atoms with E-state index >= 15 is 0 Å². The number of benzene rings is 3. The largest absolute Gasteiger partial charge is 0.374 e.